The highest BCUT2D eigenvalue weighted by molar-refractivity contribution is 6.02. The van der Waals surface area contributed by atoms with Crippen molar-refractivity contribution in [3.63, 3.8) is 0 Å². The number of amides is 3. The van der Waals surface area contributed by atoms with Crippen molar-refractivity contribution in [2.24, 2.45) is 25.9 Å². The first kappa shape index (κ1) is 44.2. The highest BCUT2D eigenvalue weighted by atomic mass is 16.7. The Kier molecular flexibility index (Phi) is 13.4. The van der Waals surface area contributed by atoms with E-state index in [2.05, 4.69) is 61.8 Å². The van der Waals surface area contributed by atoms with Crippen LogP contribution in [0.4, 0.5) is 34.4 Å². The summed E-state index contributed by atoms with van der Waals surface area (Å²) >= 11 is 0. The molecule has 64 heavy (non-hydrogen) atoms. The number of rotatable bonds is 16. The number of nitrogens with one attached hydrogen (secondary N) is 4. The molecule has 4 N–H and O–H groups in total. The number of carbonyl (C=O) groups is 4. The van der Waals surface area contributed by atoms with Crippen LogP contribution >= 0.6 is 0 Å². The summed E-state index contributed by atoms with van der Waals surface area (Å²) in [6.07, 6.45) is 6.93. The number of hydroxylamine groups is 2. The van der Waals surface area contributed by atoms with Crippen molar-refractivity contribution < 1.29 is 33.5 Å². The van der Waals surface area contributed by atoms with Crippen molar-refractivity contribution in [2.45, 2.75) is 39.0 Å². The van der Waals surface area contributed by atoms with Crippen LogP contribution in [0.15, 0.2) is 61.2 Å². The van der Waals surface area contributed by atoms with Crippen LogP contribution in [0.3, 0.4) is 0 Å². The summed E-state index contributed by atoms with van der Waals surface area (Å²) in [5, 5.41) is 37.8. The minimum Gasteiger partial charge on any atom is -0.494 e. The zero-order valence-electron chi connectivity index (χ0n) is 36.2. The second-order valence-corrected chi connectivity index (χ2v) is 14.8. The summed E-state index contributed by atoms with van der Waals surface area (Å²) in [6.45, 7) is 1.75. The molecule has 0 unspecified atom stereocenters. The van der Waals surface area contributed by atoms with E-state index in [0.717, 1.165) is 30.7 Å². The lowest BCUT2D eigenvalue weighted by molar-refractivity contribution is -0.118. The smallest absolute Gasteiger partial charge is 0.299 e. The van der Waals surface area contributed by atoms with E-state index in [-0.39, 0.29) is 58.9 Å². The third-order valence-corrected chi connectivity index (χ3v) is 9.99. The molecule has 2 aromatic carbocycles. The number of benzene rings is 2. The molecule has 3 amide bonds. The zero-order valence-corrected chi connectivity index (χ0v) is 36.2. The van der Waals surface area contributed by atoms with Crippen LogP contribution in [0.25, 0.3) is 22.8 Å². The lowest BCUT2D eigenvalue weighted by Crippen LogP contribution is -2.27. The molecule has 0 bridgehead atoms. The molecular weight excluding hydrogens is 827 g/mol. The Morgan fingerprint density at radius 3 is 1.52 bits per heavy atom. The van der Waals surface area contributed by atoms with Crippen LogP contribution in [0, 0.1) is 11.8 Å². The van der Waals surface area contributed by atoms with Crippen molar-refractivity contribution in [3.8, 4) is 34.3 Å². The minimum absolute atomic E-state index is 0.00666. The fraction of sp³-hybridized carbons (Fsp3) is 0.333. The van der Waals surface area contributed by atoms with Crippen molar-refractivity contribution in [2.75, 3.05) is 49.6 Å². The monoisotopic (exact) mass is 873 g/mol. The van der Waals surface area contributed by atoms with E-state index in [9.17, 15) is 19.2 Å². The van der Waals surface area contributed by atoms with E-state index in [1.165, 1.54) is 21.3 Å². The summed E-state index contributed by atoms with van der Waals surface area (Å²) in [5.74, 6) is 1.62. The Bertz CT molecular complexity index is 2690. The summed E-state index contributed by atoms with van der Waals surface area (Å²) in [5.41, 5.74) is 3.44. The van der Waals surface area contributed by atoms with Crippen LogP contribution < -0.4 is 30.7 Å². The quantitative estimate of drug-likeness (QED) is 0.0739. The molecule has 0 aliphatic heterocycles. The Morgan fingerprint density at radius 1 is 0.672 bits per heavy atom. The fourth-order valence-corrected chi connectivity index (χ4v) is 6.29. The van der Waals surface area contributed by atoms with E-state index < -0.39 is 5.91 Å². The predicted molar refractivity (Wildman–Crippen MR) is 233 cm³/mol. The minimum atomic E-state index is -0.519. The normalized spacial score (nSPS) is 12.9. The number of Topliss-reactive ketones (excluding diaryl/α,β-unsaturated/α-hetero) is 1. The summed E-state index contributed by atoms with van der Waals surface area (Å²) < 4.78 is 14.5. The van der Waals surface area contributed by atoms with Gasteiger partial charge in [0.15, 0.2) is 52.0 Å². The van der Waals surface area contributed by atoms with E-state index in [4.69, 9.17) is 14.3 Å². The Labute approximate surface area is 367 Å². The van der Waals surface area contributed by atoms with Crippen molar-refractivity contribution in [1.82, 2.24) is 55.0 Å². The summed E-state index contributed by atoms with van der Waals surface area (Å²) in [6, 6.07) is 14.1. The second kappa shape index (κ2) is 19.4. The van der Waals surface area contributed by atoms with Gasteiger partial charge >= 0.3 is 0 Å². The van der Waals surface area contributed by atoms with Crippen LogP contribution in [0.2, 0.25) is 0 Å². The molecule has 332 valence electrons. The SMILES string of the molecule is CCC(=O)c1nnc(NC(=O)C2CC2)cc1Nc1cccc(-c2ncn(C)n2)c1OC.COc1c(Nc2cc(NC(=O)C3CC3)nnc2C(=O)N(C)OC)cccc1-c1ncn(C)n1. The molecule has 0 spiro atoms. The standard InChI is InChI=1S/C21H24N8O4.C21H23N7O3/c1-28-11-22-19(27-28)13-6-5-7-14(18(13)32-3)23-15-10-16(24-20(30)12-8-9-12)25-26-17(15)21(31)29(2)33-4;1-4-16(29)18-15(10-17(25-26-18)24-21(30)12-8-9-12)23-14-7-5-6-13(19(14)31-3)20-22-11-28(2)27-20/h5-7,10-12H,8-9H2,1-4H3,(H2,23,24,25,30);5-7,10-12H,4,8-9H2,1-3H3,(H2,23,24,25,30). The first-order chi connectivity index (χ1) is 30.9. The average molecular weight is 874 g/mol. The molecule has 4 aromatic heterocycles. The van der Waals surface area contributed by atoms with Gasteiger partial charge in [0.1, 0.15) is 12.7 Å². The van der Waals surface area contributed by atoms with Gasteiger partial charge in [-0.3, -0.25) is 33.4 Å². The number of hydrogen-bond donors (Lipinski definition) is 4. The molecule has 22 heteroatoms. The van der Waals surface area contributed by atoms with Gasteiger partial charge in [0.2, 0.25) is 11.8 Å². The molecule has 0 radical (unpaired) electrons. The van der Waals surface area contributed by atoms with Gasteiger partial charge in [0, 0.05) is 51.5 Å². The Morgan fingerprint density at radius 2 is 1.12 bits per heavy atom. The first-order valence-electron chi connectivity index (χ1n) is 20.2. The maximum atomic E-state index is 12.8. The fourth-order valence-electron chi connectivity index (χ4n) is 6.29. The average Bonchev–Trinajstić information content (AvgIpc) is 4.24. The van der Waals surface area contributed by atoms with E-state index in [0.29, 0.717) is 57.0 Å². The molecule has 2 saturated carbocycles. The molecular formula is C42H47N15O7. The van der Waals surface area contributed by atoms with Gasteiger partial charge in [0.25, 0.3) is 5.91 Å². The maximum Gasteiger partial charge on any atom is 0.299 e. The summed E-state index contributed by atoms with van der Waals surface area (Å²) in [4.78, 5) is 63.1. The number of aromatic nitrogens is 10. The highest BCUT2D eigenvalue weighted by Crippen LogP contribution is 2.39. The maximum absolute atomic E-state index is 12.8. The number of ether oxygens (including phenoxy) is 2. The van der Waals surface area contributed by atoms with Gasteiger partial charge in [-0.2, -0.15) is 10.2 Å². The van der Waals surface area contributed by atoms with Gasteiger partial charge in [0.05, 0.1) is 55.2 Å². The van der Waals surface area contributed by atoms with Crippen LogP contribution in [0.5, 0.6) is 11.5 Å². The first-order valence-corrected chi connectivity index (χ1v) is 20.2. The predicted octanol–water partition coefficient (Wildman–Crippen LogP) is 4.97. The molecule has 2 aliphatic carbocycles. The van der Waals surface area contributed by atoms with Crippen LogP contribution in [-0.4, -0.2) is 107 Å². The third-order valence-electron chi connectivity index (χ3n) is 9.99. The van der Waals surface area contributed by atoms with Crippen molar-refractivity contribution in [3.05, 3.63) is 72.6 Å². The molecule has 0 atom stereocenters. The van der Waals surface area contributed by atoms with E-state index in [1.54, 1.807) is 68.3 Å². The van der Waals surface area contributed by atoms with Crippen molar-refractivity contribution >= 4 is 57.9 Å². The molecule has 22 nitrogen and oxygen atoms in total. The highest BCUT2D eigenvalue weighted by Gasteiger charge is 2.31. The molecule has 2 aliphatic rings. The Balaban J connectivity index is 0.000000192. The van der Waals surface area contributed by atoms with Crippen LogP contribution in [-0.2, 0) is 28.5 Å². The number of anilines is 6. The number of aryl methyl sites for hydroxylation is 2. The third kappa shape index (κ3) is 10.2. The van der Waals surface area contributed by atoms with Gasteiger partial charge in [-0.05, 0) is 49.9 Å². The van der Waals surface area contributed by atoms with Gasteiger partial charge in [-0.1, -0.05) is 19.1 Å². The zero-order chi connectivity index (χ0) is 45.5. The lowest BCUT2D eigenvalue weighted by atomic mass is 10.1. The van der Waals surface area contributed by atoms with Gasteiger partial charge < -0.3 is 30.7 Å². The van der Waals surface area contributed by atoms with Crippen molar-refractivity contribution in [1.29, 1.82) is 0 Å². The summed E-state index contributed by atoms with van der Waals surface area (Å²) in [7, 11) is 9.48. The van der Waals surface area contributed by atoms with E-state index in [1.807, 2.05) is 30.3 Å². The molecule has 2 fully saturated rings. The topological polar surface area (TPSA) is 260 Å². The number of nitrogens with zero attached hydrogens (tertiary/aromatic N) is 11. The number of ketones is 1. The number of methoxy groups -OCH3 is 2. The molecule has 6 aromatic rings. The largest absolute Gasteiger partial charge is 0.494 e. The van der Waals surface area contributed by atoms with Gasteiger partial charge in [-0.15, -0.1) is 20.4 Å². The number of carbonyl (C=O) groups excluding carboxylic acids is 4. The number of hydrogen-bond acceptors (Lipinski definition) is 17. The van der Waals surface area contributed by atoms with E-state index >= 15 is 0 Å². The molecule has 0 saturated heterocycles. The molecule has 8 rings (SSSR count). The van der Waals surface area contributed by atoms with Crippen LogP contribution in [0.1, 0.15) is 60.0 Å². The van der Waals surface area contributed by atoms with Gasteiger partial charge in [-0.25, -0.2) is 15.0 Å². The Hall–Kier alpha value is -7.88. The lowest BCUT2D eigenvalue weighted by Gasteiger charge is -2.18. The second-order valence-electron chi connectivity index (χ2n) is 14.8. The molecule has 4 heterocycles. The number of para-hydroxylation sites is 2.